The van der Waals surface area contributed by atoms with E-state index >= 15 is 0 Å². The molecule has 13 heavy (non-hydrogen) atoms. The van der Waals surface area contributed by atoms with E-state index in [9.17, 15) is 4.39 Å². The summed E-state index contributed by atoms with van der Waals surface area (Å²) in [5.41, 5.74) is 0.731. The summed E-state index contributed by atoms with van der Waals surface area (Å²) in [4.78, 5) is 0. The van der Waals surface area contributed by atoms with E-state index in [-0.39, 0.29) is 10.9 Å². The molecule has 0 saturated heterocycles. The molecule has 0 radical (unpaired) electrons. The smallest absolute Gasteiger partial charge is 0.181 e. The van der Waals surface area contributed by atoms with Gasteiger partial charge in [0.05, 0.1) is 7.11 Å². The molecule has 4 heteroatoms. The van der Waals surface area contributed by atoms with Gasteiger partial charge < -0.3 is 4.74 Å². The normalized spacial score (nSPS) is 12.2. The molecule has 0 heterocycles. The summed E-state index contributed by atoms with van der Waals surface area (Å²) >= 11 is 10.8. The molecule has 1 atom stereocenters. The Labute approximate surface area is 86.5 Å². The molecule has 0 aliphatic heterocycles. The number of ether oxygens (including phenoxy) is 1. The topological polar surface area (TPSA) is 9.23 Å². The Morgan fingerprint density at radius 3 is 2.46 bits per heavy atom. The standard InChI is InChI=1S/C9H8ClFOS/c1-12-9(13)8(10)6-2-4-7(11)5-3-6/h2-5,8H,1H3. The summed E-state index contributed by atoms with van der Waals surface area (Å²) in [5.74, 6) is -0.295. The predicted molar refractivity (Wildman–Crippen MR) is 54.6 cm³/mol. The van der Waals surface area contributed by atoms with Crippen molar-refractivity contribution in [1.82, 2.24) is 0 Å². The van der Waals surface area contributed by atoms with Crippen LogP contribution in [0.25, 0.3) is 0 Å². The first-order valence-electron chi connectivity index (χ1n) is 3.62. The van der Waals surface area contributed by atoms with Crippen molar-refractivity contribution in [3.63, 3.8) is 0 Å². The molecule has 0 spiro atoms. The van der Waals surface area contributed by atoms with Gasteiger partial charge in [-0.15, -0.1) is 11.6 Å². The highest BCUT2D eigenvalue weighted by molar-refractivity contribution is 7.80. The van der Waals surface area contributed by atoms with Crippen molar-refractivity contribution in [3.05, 3.63) is 35.6 Å². The van der Waals surface area contributed by atoms with E-state index in [4.69, 9.17) is 28.6 Å². The van der Waals surface area contributed by atoms with E-state index in [1.54, 1.807) is 12.1 Å². The minimum atomic E-state index is -0.499. The highest BCUT2D eigenvalue weighted by atomic mass is 35.5. The highest BCUT2D eigenvalue weighted by Crippen LogP contribution is 2.22. The lowest BCUT2D eigenvalue weighted by molar-refractivity contribution is 0.404. The van der Waals surface area contributed by atoms with Crippen LogP contribution in [0.1, 0.15) is 10.9 Å². The molecule has 0 N–H and O–H groups in total. The van der Waals surface area contributed by atoms with E-state index in [2.05, 4.69) is 0 Å². The number of hydrogen-bond acceptors (Lipinski definition) is 2. The minimum Gasteiger partial charge on any atom is -0.488 e. The summed E-state index contributed by atoms with van der Waals surface area (Å²) in [6, 6.07) is 5.84. The predicted octanol–water partition coefficient (Wildman–Crippen LogP) is 3.08. The first kappa shape index (κ1) is 10.4. The molecular formula is C9H8ClFOS. The lowest BCUT2D eigenvalue weighted by Crippen LogP contribution is -2.05. The van der Waals surface area contributed by atoms with Gasteiger partial charge in [-0.25, -0.2) is 4.39 Å². The van der Waals surface area contributed by atoms with E-state index in [0.717, 1.165) is 5.56 Å². The molecule has 0 aliphatic carbocycles. The number of hydrogen-bond donors (Lipinski definition) is 0. The van der Waals surface area contributed by atoms with Gasteiger partial charge in [-0.2, -0.15) is 0 Å². The van der Waals surface area contributed by atoms with Crippen LogP contribution in [0.2, 0.25) is 0 Å². The Balaban J connectivity index is 2.83. The van der Waals surface area contributed by atoms with Crippen LogP contribution in [0.3, 0.4) is 0 Å². The Hall–Kier alpha value is -0.670. The van der Waals surface area contributed by atoms with Crippen LogP contribution in [-0.4, -0.2) is 12.2 Å². The summed E-state index contributed by atoms with van der Waals surface area (Å²) in [6.45, 7) is 0. The van der Waals surface area contributed by atoms with E-state index in [1.165, 1.54) is 19.2 Å². The van der Waals surface area contributed by atoms with Crippen molar-refractivity contribution in [3.8, 4) is 0 Å². The molecule has 70 valence electrons. The molecule has 1 nitrogen and oxygen atoms in total. The molecule has 1 aromatic rings. The second-order valence-corrected chi connectivity index (χ2v) is 3.28. The monoisotopic (exact) mass is 218 g/mol. The molecule has 1 rings (SSSR count). The maximum Gasteiger partial charge on any atom is 0.181 e. The van der Waals surface area contributed by atoms with E-state index < -0.39 is 5.38 Å². The van der Waals surface area contributed by atoms with Crippen LogP contribution in [0.4, 0.5) is 4.39 Å². The third-order valence-electron chi connectivity index (χ3n) is 1.57. The summed E-state index contributed by atoms with van der Waals surface area (Å²) < 4.78 is 17.3. The van der Waals surface area contributed by atoms with Crippen LogP contribution in [0, 0.1) is 5.82 Å². The van der Waals surface area contributed by atoms with Crippen molar-refractivity contribution in [2.45, 2.75) is 5.38 Å². The molecule has 1 aromatic carbocycles. The fourth-order valence-electron chi connectivity index (χ4n) is 0.871. The third kappa shape index (κ3) is 2.64. The fourth-order valence-corrected chi connectivity index (χ4v) is 1.24. The van der Waals surface area contributed by atoms with Gasteiger partial charge in [0.2, 0.25) is 0 Å². The Bertz CT molecular complexity index is 299. The second-order valence-electron chi connectivity index (χ2n) is 2.44. The summed E-state index contributed by atoms with van der Waals surface area (Å²) in [6.07, 6.45) is 0. The highest BCUT2D eigenvalue weighted by Gasteiger charge is 2.13. The van der Waals surface area contributed by atoms with Crippen LogP contribution in [0.15, 0.2) is 24.3 Å². The maximum atomic E-state index is 12.5. The largest absolute Gasteiger partial charge is 0.488 e. The van der Waals surface area contributed by atoms with Gasteiger partial charge >= 0.3 is 0 Å². The quantitative estimate of drug-likeness (QED) is 0.557. The Kier molecular flexibility index (Phi) is 3.63. The second kappa shape index (κ2) is 4.53. The SMILES string of the molecule is COC(=S)C(Cl)c1ccc(F)cc1. The maximum absolute atomic E-state index is 12.5. The van der Waals surface area contributed by atoms with Crippen LogP contribution >= 0.6 is 23.8 Å². The summed E-state index contributed by atoms with van der Waals surface area (Å²) in [7, 11) is 1.46. The number of methoxy groups -OCH3 is 1. The van der Waals surface area contributed by atoms with Gasteiger partial charge in [0.25, 0.3) is 0 Å². The number of benzene rings is 1. The number of rotatable bonds is 2. The van der Waals surface area contributed by atoms with Crippen LogP contribution in [-0.2, 0) is 4.74 Å². The lowest BCUT2D eigenvalue weighted by Gasteiger charge is -2.09. The average molecular weight is 219 g/mol. The third-order valence-corrected chi connectivity index (χ3v) is 2.55. The van der Waals surface area contributed by atoms with Gasteiger partial charge in [-0.3, -0.25) is 0 Å². The van der Waals surface area contributed by atoms with Crippen molar-refractivity contribution in [1.29, 1.82) is 0 Å². The number of alkyl halides is 1. The molecule has 0 fully saturated rings. The van der Waals surface area contributed by atoms with E-state index in [0.29, 0.717) is 0 Å². The van der Waals surface area contributed by atoms with Gasteiger partial charge in [0.1, 0.15) is 11.2 Å². The average Bonchev–Trinajstić information content (AvgIpc) is 2.17. The van der Waals surface area contributed by atoms with Crippen molar-refractivity contribution in [2.75, 3.05) is 7.11 Å². The van der Waals surface area contributed by atoms with Gasteiger partial charge in [-0.05, 0) is 29.9 Å². The Morgan fingerprint density at radius 1 is 1.46 bits per heavy atom. The molecular weight excluding hydrogens is 211 g/mol. The van der Waals surface area contributed by atoms with Crippen molar-refractivity contribution < 1.29 is 9.13 Å². The molecule has 0 aliphatic rings. The first-order chi connectivity index (χ1) is 6.15. The zero-order valence-electron chi connectivity index (χ0n) is 6.96. The molecule has 0 aromatic heterocycles. The molecule has 0 bridgehead atoms. The van der Waals surface area contributed by atoms with Gasteiger partial charge in [0.15, 0.2) is 5.05 Å². The van der Waals surface area contributed by atoms with Gasteiger partial charge in [0, 0.05) is 0 Å². The van der Waals surface area contributed by atoms with Crippen LogP contribution < -0.4 is 0 Å². The van der Waals surface area contributed by atoms with Crippen LogP contribution in [0.5, 0.6) is 0 Å². The lowest BCUT2D eigenvalue weighted by atomic mass is 10.1. The minimum absolute atomic E-state index is 0.285. The van der Waals surface area contributed by atoms with Crippen molar-refractivity contribution >= 4 is 28.9 Å². The zero-order valence-corrected chi connectivity index (χ0v) is 8.53. The zero-order chi connectivity index (χ0) is 9.84. The van der Waals surface area contributed by atoms with Crippen molar-refractivity contribution in [2.24, 2.45) is 0 Å². The Morgan fingerprint density at radius 2 is 2.00 bits per heavy atom. The number of halogens is 2. The molecule has 1 unspecified atom stereocenters. The first-order valence-corrected chi connectivity index (χ1v) is 4.47. The summed E-state index contributed by atoms with van der Waals surface area (Å²) in [5, 5.41) is -0.214. The van der Waals surface area contributed by atoms with E-state index in [1.807, 2.05) is 0 Å². The van der Waals surface area contributed by atoms with Gasteiger partial charge in [-0.1, -0.05) is 12.1 Å². The fraction of sp³-hybridized carbons (Fsp3) is 0.222. The molecule has 0 saturated carbocycles. The number of thiocarbonyl (C=S) groups is 1. The molecule has 0 amide bonds.